The van der Waals surface area contributed by atoms with E-state index in [1.165, 1.54) is 15.6 Å². The summed E-state index contributed by atoms with van der Waals surface area (Å²) in [6.07, 6.45) is 2.01. The van der Waals surface area contributed by atoms with E-state index in [2.05, 4.69) is 34.6 Å². The molecule has 1 N–H and O–H groups in total. The average Bonchev–Trinajstić information content (AvgIpc) is 2.94. The summed E-state index contributed by atoms with van der Waals surface area (Å²) >= 11 is 1.74. The summed E-state index contributed by atoms with van der Waals surface area (Å²) in [7, 11) is 0. The maximum Gasteiger partial charge on any atom is 0.106 e. The second-order valence-corrected chi connectivity index (χ2v) is 5.15. The number of aromatic nitrogens is 2. The third-order valence-electron chi connectivity index (χ3n) is 3.07. The van der Waals surface area contributed by atoms with Gasteiger partial charge in [-0.25, -0.2) is 4.98 Å². The van der Waals surface area contributed by atoms with E-state index >= 15 is 0 Å². The van der Waals surface area contributed by atoms with Gasteiger partial charge in [0.25, 0.3) is 0 Å². The van der Waals surface area contributed by atoms with Crippen molar-refractivity contribution in [1.29, 1.82) is 0 Å². The van der Waals surface area contributed by atoms with Gasteiger partial charge in [-0.3, -0.25) is 0 Å². The van der Waals surface area contributed by atoms with Crippen molar-refractivity contribution in [2.75, 3.05) is 6.61 Å². The van der Waals surface area contributed by atoms with Crippen molar-refractivity contribution in [3.8, 4) is 11.3 Å². The zero-order valence-electron chi connectivity index (χ0n) is 10.1. The fraction of sp³-hybridized carbons (Fsp3) is 0.214. The normalized spacial score (nSPS) is 11.2. The molecule has 0 atom stereocenters. The van der Waals surface area contributed by atoms with Gasteiger partial charge in [-0.05, 0) is 13.0 Å². The molecular weight excluding hydrogens is 244 g/mol. The molecule has 0 aliphatic heterocycles. The Balaban J connectivity index is 2.11. The van der Waals surface area contributed by atoms with Crippen molar-refractivity contribution >= 4 is 21.4 Å². The largest absolute Gasteiger partial charge is 0.395 e. The van der Waals surface area contributed by atoms with Crippen molar-refractivity contribution in [3.63, 3.8) is 0 Å². The van der Waals surface area contributed by atoms with Crippen LogP contribution in [0, 0.1) is 6.92 Å². The highest BCUT2D eigenvalue weighted by atomic mass is 32.1. The van der Waals surface area contributed by atoms with Crippen molar-refractivity contribution < 1.29 is 5.11 Å². The number of benzene rings is 1. The van der Waals surface area contributed by atoms with E-state index in [9.17, 15) is 0 Å². The summed E-state index contributed by atoms with van der Waals surface area (Å²) in [5.41, 5.74) is 2.16. The third-order valence-corrected chi connectivity index (χ3v) is 4.04. The highest BCUT2D eigenvalue weighted by Crippen LogP contribution is 2.33. The van der Waals surface area contributed by atoms with Gasteiger partial charge in [0.05, 0.1) is 12.3 Å². The van der Waals surface area contributed by atoms with E-state index in [0.29, 0.717) is 6.54 Å². The number of aryl methyl sites for hydroxylation is 1. The Kier molecular flexibility index (Phi) is 2.89. The van der Waals surface area contributed by atoms with Crippen LogP contribution in [0.3, 0.4) is 0 Å². The number of aliphatic hydroxyl groups is 1. The van der Waals surface area contributed by atoms with Crippen molar-refractivity contribution in [2.45, 2.75) is 13.5 Å². The smallest absolute Gasteiger partial charge is 0.106 e. The van der Waals surface area contributed by atoms with Gasteiger partial charge in [-0.2, -0.15) is 0 Å². The highest BCUT2D eigenvalue weighted by Gasteiger charge is 2.10. The van der Waals surface area contributed by atoms with E-state index in [-0.39, 0.29) is 6.61 Å². The molecule has 0 radical (unpaired) electrons. The van der Waals surface area contributed by atoms with Crippen molar-refractivity contribution in [2.24, 2.45) is 0 Å². The zero-order chi connectivity index (χ0) is 12.5. The molecule has 0 aliphatic rings. The third kappa shape index (κ3) is 1.83. The minimum atomic E-state index is 0.140. The Hall–Kier alpha value is -1.65. The van der Waals surface area contributed by atoms with Crippen LogP contribution in [0.25, 0.3) is 21.3 Å². The topological polar surface area (TPSA) is 38.0 Å². The monoisotopic (exact) mass is 258 g/mol. The molecule has 3 aromatic rings. The van der Waals surface area contributed by atoms with Gasteiger partial charge in [-0.1, -0.05) is 18.2 Å². The van der Waals surface area contributed by atoms with Crippen LogP contribution in [0.2, 0.25) is 0 Å². The fourth-order valence-corrected chi connectivity index (χ4v) is 3.10. The number of nitrogens with zero attached hydrogens (tertiary/aromatic N) is 2. The molecule has 0 amide bonds. The number of hydrogen-bond acceptors (Lipinski definition) is 3. The Bertz CT molecular complexity index is 684. The van der Waals surface area contributed by atoms with Crippen molar-refractivity contribution in [3.05, 3.63) is 41.7 Å². The van der Waals surface area contributed by atoms with Crippen LogP contribution < -0.4 is 0 Å². The first-order chi connectivity index (χ1) is 8.79. The number of fused-ring (bicyclic) bond motifs is 1. The summed E-state index contributed by atoms with van der Waals surface area (Å²) in [6.45, 7) is 2.70. The van der Waals surface area contributed by atoms with Crippen LogP contribution in [-0.2, 0) is 6.54 Å². The Morgan fingerprint density at radius 2 is 2.17 bits per heavy atom. The molecule has 3 nitrogen and oxygen atoms in total. The summed E-state index contributed by atoms with van der Waals surface area (Å²) in [6, 6.07) is 8.36. The molecular formula is C14H14N2OS. The first kappa shape index (κ1) is 11.4. The predicted molar refractivity (Wildman–Crippen MR) is 74.9 cm³/mol. The standard InChI is InChI=1S/C14H14N2OS/c1-10-15-13(8-16(10)6-7-17)12-9-18-14-5-3-2-4-11(12)14/h2-5,8-9,17H,6-7H2,1H3. The molecule has 0 bridgehead atoms. The molecule has 2 aromatic heterocycles. The molecule has 1 aromatic carbocycles. The first-order valence-electron chi connectivity index (χ1n) is 5.91. The van der Waals surface area contributed by atoms with Crippen LogP contribution >= 0.6 is 11.3 Å². The molecule has 0 saturated carbocycles. The van der Waals surface area contributed by atoms with Crippen LogP contribution in [-0.4, -0.2) is 21.3 Å². The predicted octanol–water partition coefficient (Wildman–Crippen LogP) is 3.07. The fourth-order valence-electron chi connectivity index (χ4n) is 2.15. The van der Waals surface area contributed by atoms with Crippen LogP contribution in [0.15, 0.2) is 35.8 Å². The van der Waals surface area contributed by atoms with Gasteiger partial charge in [0, 0.05) is 33.8 Å². The maximum absolute atomic E-state index is 9.01. The number of rotatable bonds is 3. The van der Waals surface area contributed by atoms with E-state index in [4.69, 9.17) is 5.11 Å². The van der Waals surface area contributed by atoms with Crippen molar-refractivity contribution in [1.82, 2.24) is 9.55 Å². The van der Waals surface area contributed by atoms with Crippen LogP contribution in [0.5, 0.6) is 0 Å². The van der Waals surface area contributed by atoms with E-state index in [1.807, 2.05) is 17.7 Å². The summed E-state index contributed by atoms with van der Waals surface area (Å²) < 4.78 is 3.27. The SMILES string of the molecule is Cc1nc(-c2csc3ccccc23)cn1CCO. The van der Waals surface area contributed by atoms with E-state index < -0.39 is 0 Å². The molecule has 0 saturated heterocycles. The molecule has 0 unspecified atom stereocenters. The van der Waals surface area contributed by atoms with E-state index in [0.717, 1.165) is 11.5 Å². The van der Waals surface area contributed by atoms with Gasteiger partial charge in [-0.15, -0.1) is 11.3 Å². The minimum absolute atomic E-state index is 0.140. The number of hydrogen-bond donors (Lipinski definition) is 1. The minimum Gasteiger partial charge on any atom is -0.395 e. The Morgan fingerprint density at radius 3 is 3.00 bits per heavy atom. The molecule has 18 heavy (non-hydrogen) atoms. The molecule has 2 heterocycles. The van der Waals surface area contributed by atoms with Crippen LogP contribution in [0.4, 0.5) is 0 Å². The summed E-state index contributed by atoms with van der Waals surface area (Å²) in [5.74, 6) is 0.939. The van der Waals surface area contributed by atoms with Gasteiger partial charge >= 0.3 is 0 Å². The highest BCUT2D eigenvalue weighted by molar-refractivity contribution is 7.17. The lowest BCUT2D eigenvalue weighted by molar-refractivity contribution is 0.275. The molecule has 92 valence electrons. The first-order valence-corrected chi connectivity index (χ1v) is 6.79. The number of imidazole rings is 1. The molecule has 0 aliphatic carbocycles. The molecule has 0 fully saturated rings. The molecule has 4 heteroatoms. The van der Waals surface area contributed by atoms with Gasteiger partial charge in [0.1, 0.15) is 5.82 Å². The number of aliphatic hydroxyl groups excluding tert-OH is 1. The summed E-state index contributed by atoms with van der Waals surface area (Å²) in [4.78, 5) is 4.58. The second-order valence-electron chi connectivity index (χ2n) is 4.24. The maximum atomic E-state index is 9.01. The van der Waals surface area contributed by atoms with Crippen LogP contribution in [0.1, 0.15) is 5.82 Å². The Labute approximate surface area is 109 Å². The van der Waals surface area contributed by atoms with Gasteiger partial charge < -0.3 is 9.67 Å². The molecule has 0 spiro atoms. The quantitative estimate of drug-likeness (QED) is 0.784. The van der Waals surface area contributed by atoms with E-state index in [1.54, 1.807) is 11.3 Å². The lowest BCUT2D eigenvalue weighted by atomic mass is 10.1. The lowest BCUT2D eigenvalue weighted by Gasteiger charge is -1.99. The van der Waals surface area contributed by atoms with Gasteiger partial charge in [0.2, 0.25) is 0 Å². The lowest BCUT2D eigenvalue weighted by Crippen LogP contribution is -2.02. The molecule has 3 rings (SSSR count). The Morgan fingerprint density at radius 1 is 1.33 bits per heavy atom. The average molecular weight is 258 g/mol. The number of thiophene rings is 1. The second kappa shape index (κ2) is 4.55. The summed E-state index contributed by atoms with van der Waals surface area (Å²) in [5, 5.41) is 12.4. The zero-order valence-corrected chi connectivity index (χ0v) is 10.9. The van der Waals surface area contributed by atoms with Gasteiger partial charge in [0.15, 0.2) is 0 Å².